The van der Waals surface area contributed by atoms with Crippen molar-refractivity contribution in [3.8, 4) is 11.1 Å². The van der Waals surface area contributed by atoms with E-state index in [4.69, 9.17) is 26.0 Å². The molecule has 0 saturated carbocycles. The number of carbonyl (C=O) groups is 4. The van der Waals surface area contributed by atoms with Gasteiger partial charge in [0, 0.05) is 12.5 Å². The fourth-order valence-electron chi connectivity index (χ4n) is 4.03. The summed E-state index contributed by atoms with van der Waals surface area (Å²) >= 11 is 0. The molecule has 0 unspecified atom stereocenters. The fraction of sp³-hybridized carbons (Fsp3) is 0.276. The molecule has 41 heavy (non-hydrogen) atoms. The number of fused-ring (bicyclic) bond motifs is 3. The summed E-state index contributed by atoms with van der Waals surface area (Å²) in [6, 6.07) is 14.8. The van der Waals surface area contributed by atoms with Crippen LogP contribution in [0.5, 0.6) is 0 Å². The number of Topliss-reactive ketones (excluding diaryl/α,β-unsaturated/α-hetero) is 1. The number of hydrogen-bond donors (Lipinski definition) is 4. The molecule has 218 valence electrons. The second-order valence-electron chi connectivity index (χ2n) is 8.59. The number of nitrogens with one attached hydrogen (secondary N) is 1. The third-order valence-electron chi connectivity index (χ3n) is 5.76. The van der Waals surface area contributed by atoms with Crippen molar-refractivity contribution < 1.29 is 38.5 Å². The van der Waals surface area contributed by atoms with Crippen LogP contribution >= 0.6 is 0 Å². The van der Waals surface area contributed by atoms with Crippen LogP contribution in [0, 0.1) is 0 Å². The molecule has 1 aliphatic rings. The van der Waals surface area contributed by atoms with Gasteiger partial charge in [0.1, 0.15) is 25.9 Å². The van der Waals surface area contributed by atoms with Gasteiger partial charge >= 0.3 is 18.2 Å². The van der Waals surface area contributed by atoms with E-state index in [1.807, 2.05) is 48.5 Å². The van der Waals surface area contributed by atoms with E-state index in [0.29, 0.717) is 6.42 Å². The largest absolute Gasteiger partial charge is 0.506 e. The number of benzene rings is 2. The Balaban J connectivity index is 0.000000745. The van der Waals surface area contributed by atoms with E-state index in [-0.39, 0.29) is 44.7 Å². The molecule has 1 atom stereocenters. The van der Waals surface area contributed by atoms with Gasteiger partial charge < -0.3 is 36.1 Å². The smallest absolute Gasteiger partial charge is 0.456 e. The summed E-state index contributed by atoms with van der Waals surface area (Å²) in [7, 11) is 0. The number of amides is 1. The Morgan fingerprint density at radius 1 is 0.927 bits per heavy atom. The van der Waals surface area contributed by atoms with Gasteiger partial charge in [0.15, 0.2) is 5.96 Å². The first kappa shape index (κ1) is 32.1. The van der Waals surface area contributed by atoms with Gasteiger partial charge in [-0.15, -0.1) is 0 Å². The Morgan fingerprint density at radius 3 is 2.00 bits per heavy atom. The molecule has 0 radical (unpaired) electrons. The molecule has 3 rings (SSSR count). The maximum Gasteiger partial charge on any atom is 0.506 e. The van der Waals surface area contributed by atoms with Crippen molar-refractivity contribution in [3.05, 3.63) is 85.0 Å². The quantitative estimate of drug-likeness (QED) is 0.0532. The van der Waals surface area contributed by atoms with Crippen LogP contribution in [0.1, 0.15) is 29.9 Å². The number of esters is 1. The molecule has 6 N–H and O–H groups in total. The number of ketones is 1. The number of hydrogen-bond acceptors (Lipinski definition) is 8. The second kappa shape index (κ2) is 16.7. The van der Waals surface area contributed by atoms with Crippen molar-refractivity contribution in [1.82, 2.24) is 5.32 Å². The molecule has 2 aromatic rings. The molecule has 0 spiro atoms. The minimum Gasteiger partial charge on any atom is -0.456 e. The summed E-state index contributed by atoms with van der Waals surface area (Å²) in [5, 5.41) is 10.3. The van der Waals surface area contributed by atoms with Crippen LogP contribution in [0.2, 0.25) is 0 Å². The molecule has 1 amide bonds. The van der Waals surface area contributed by atoms with Gasteiger partial charge in [0.05, 0.1) is 0 Å². The van der Waals surface area contributed by atoms with Crippen molar-refractivity contribution in [1.29, 1.82) is 0 Å². The van der Waals surface area contributed by atoms with Gasteiger partial charge in [-0.05, 0) is 35.1 Å². The van der Waals surface area contributed by atoms with Crippen molar-refractivity contribution in [3.63, 3.8) is 0 Å². The van der Waals surface area contributed by atoms with E-state index in [0.717, 1.165) is 22.3 Å². The molecule has 0 bridgehead atoms. The van der Waals surface area contributed by atoms with E-state index >= 15 is 0 Å². The first-order valence-electron chi connectivity index (χ1n) is 12.6. The Labute approximate surface area is 237 Å². The minimum absolute atomic E-state index is 0.0648. The summed E-state index contributed by atoms with van der Waals surface area (Å²) in [6.45, 7) is 6.95. The third-order valence-corrected chi connectivity index (χ3v) is 5.76. The standard InChI is InChI=1S/C25H28N4O5.C4H6O3/c1-2-14-33-23(31)22(30)21(12-7-13-28-24(26)27)29-25(32)34-15-20-18-10-5-3-8-16(18)17-9-4-6-11-19(17)20;1-2-3-7-4(5)6/h2-6,8-11,20-21H,1,7,12-15H2,(H,29,32)(H4,26,27,28);2H,1,3H2,(H,5,6)/t21-;/m0./s1. The highest BCUT2D eigenvalue weighted by Gasteiger charge is 2.31. The predicted molar refractivity (Wildman–Crippen MR) is 152 cm³/mol. The summed E-state index contributed by atoms with van der Waals surface area (Å²) < 4.78 is 14.3. The highest BCUT2D eigenvalue weighted by Crippen LogP contribution is 2.44. The van der Waals surface area contributed by atoms with Crippen LogP contribution in [0.15, 0.2) is 78.8 Å². The zero-order valence-electron chi connectivity index (χ0n) is 22.5. The number of alkyl carbamates (subject to hydrolysis) is 1. The normalized spacial score (nSPS) is 11.7. The molecule has 1 aliphatic carbocycles. The molecule has 12 nitrogen and oxygen atoms in total. The summed E-state index contributed by atoms with van der Waals surface area (Å²) in [5.74, 6) is -2.17. The first-order valence-corrected chi connectivity index (χ1v) is 12.6. The number of nitrogens with two attached hydrogens (primary N) is 2. The average Bonchev–Trinajstić information content (AvgIpc) is 3.28. The van der Waals surface area contributed by atoms with Crippen molar-refractivity contribution in [2.24, 2.45) is 16.5 Å². The number of carboxylic acid groups (broad SMARTS) is 1. The number of carbonyl (C=O) groups excluding carboxylic acids is 3. The summed E-state index contributed by atoms with van der Waals surface area (Å²) in [6.07, 6.45) is 1.13. The van der Waals surface area contributed by atoms with Crippen molar-refractivity contribution in [2.75, 3.05) is 26.4 Å². The Bertz CT molecular complexity index is 1230. The third kappa shape index (κ3) is 10.2. The molecule has 0 heterocycles. The SMILES string of the molecule is C=CCOC(=O)C(=O)[C@H](CCCN=C(N)N)NC(=O)OCC1c2ccccc2-c2ccccc21.C=CCOC(=O)O. The zero-order valence-corrected chi connectivity index (χ0v) is 22.5. The summed E-state index contributed by atoms with van der Waals surface area (Å²) in [5.41, 5.74) is 14.9. The predicted octanol–water partition coefficient (Wildman–Crippen LogP) is 3.11. The Morgan fingerprint density at radius 2 is 1.49 bits per heavy atom. The van der Waals surface area contributed by atoms with Gasteiger partial charge in [0.2, 0.25) is 0 Å². The zero-order chi connectivity index (χ0) is 30.2. The van der Waals surface area contributed by atoms with E-state index in [2.05, 4.69) is 28.2 Å². The maximum absolute atomic E-state index is 12.6. The van der Waals surface area contributed by atoms with E-state index < -0.39 is 30.0 Å². The van der Waals surface area contributed by atoms with Crippen LogP contribution < -0.4 is 16.8 Å². The minimum atomic E-state index is -1.26. The van der Waals surface area contributed by atoms with Crippen LogP contribution in [0.4, 0.5) is 9.59 Å². The molecular formula is C29H34N4O8. The lowest BCUT2D eigenvalue weighted by Crippen LogP contribution is -2.45. The van der Waals surface area contributed by atoms with Crippen LogP contribution in [-0.4, -0.2) is 67.5 Å². The van der Waals surface area contributed by atoms with Crippen molar-refractivity contribution in [2.45, 2.75) is 24.8 Å². The van der Waals surface area contributed by atoms with Gasteiger partial charge in [-0.2, -0.15) is 0 Å². The molecular weight excluding hydrogens is 532 g/mol. The average molecular weight is 567 g/mol. The summed E-state index contributed by atoms with van der Waals surface area (Å²) in [4.78, 5) is 50.5. The van der Waals surface area contributed by atoms with Crippen LogP contribution in [-0.2, 0) is 23.8 Å². The topological polar surface area (TPSA) is 193 Å². The lowest BCUT2D eigenvalue weighted by molar-refractivity contribution is -0.153. The number of guanidine groups is 1. The van der Waals surface area contributed by atoms with Crippen LogP contribution in [0.25, 0.3) is 11.1 Å². The Hall–Kier alpha value is -5.13. The second-order valence-corrected chi connectivity index (χ2v) is 8.59. The highest BCUT2D eigenvalue weighted by molar-refractivity contribution is 6.36. The number of aliphatic imine (C=N–C) groups is 1. The monoisotopic (exact) mass is 566 g/mol. The lowest BCUT2D eigenvalue weighted by Gasteiger charge is -2.18. The first-order chi connectivity index (χ1) is 19.7. The molecule has 0 saturated heterocycles. The lowest BCUT2D eigenvalue weighted by atomic mass is 9.98. The van der Waals surface area contributed by atoms with Gasteiger partial charge in [-0.3, -0.25) is 9.79 Å². The molecule has 0 aromatic heterocycles. The van der Waals surface area contributed by atoms with Gasteiger partial charge in [-0.25, -0.2) is 14.4 Å². The highest BCUT2D eigenvalue weighted by atomic mass is 16.7. The molecule has 0 fully saturated rings. The maximum atomic E-state index is 12.6. The molecule has 2 aromatic carbocycles. The number of ether oxygens (including phenoxy) is 3. The van der Waals surface area contributed by atoms with Crippen LogP contribution in [0.3, 0.4) is 0 Å². The molecule has 12 heteroatoms. The Kier molecular flexibility index (Phi) is 13.1. The van der Waals surface area contributed by atoms with E-state index in [1.165, 1.54) is 12.2 Å². The van der Waals surface area contributed by atoms with Gasteiger partial charge in [-0.1, -0.05) is 73.8 Å². The number of nitrogens with zero attached hydrogens (tertiary/aromatic N) is 1. The van der Waals surface area contributed by atoms with Gasteiger partial charge in [0.25, 0.3) is 5.78 Å². The number of rotatable bonds is 13. The fourth-order valence-corrected chi connectivity index (χ4v) is 4.03. The van der Waals surface area contributed by atoms with E-state index in [9.17, 15) is 19.2 Å². The van der Waals surface area contributed by atoms with Crippen molar-refractivity contribution >= 4 is 30.0 Å². The molecule has 0 aliphatic heterocycles. The van der Waals surface area contributed by atoms with E-state index in [1.54, 1.807) is 0 Å².